The fourth-order valence-corrected chi connectivity index (χ4v) is 3.53. The van der Waals surface area contributed by atoms with E-state index in [4.69, 9.17) is 4.74 Å². The van der Waals surface area contributed by atoms with E-state index in [-0.39, 0.29) is 0 Å². The first-order chi connectivity index (χ1) is 11.8. The van der Waals surface area contributed by atoms with Crippen molar-refractivity contribution in [1.82, 2.24) is 9.97 Å². The van der Waals surface area contributed by atoms with Gasteiger partial charge in [-0.2, -0.15) is 0 Å². The first kappa shape index (κ1) is 14.8. The van der Waals surface area contributed by atoms with Gasteiger partial charge in [-0.3, -0.25) is 4.98 Å². The third-order valence-corrected chi connectivity index (χ3v) is 4.79. The number of aromatic nitrogens is 2. The quantitative estimate of drug-likeness (QED) is 0.512. The van der Waals surface area contributed by atoms with Crippen molar-refractivity contribution in [2.45, 2.75) is 13.5 Å². The zero-order valence-electron chi connectivity index (χ0n) is 13.3. The van der Waals surface area contributed by atoms with E-state index in [1.54, 1.807) is 11.3 Å². The molecule has 2 heterocycles. The van der Waals surface area contributed by atoms with Crippen LogP contribution in [-0.2, 0) is 6.61 Å². The molecule has 24 heavy (non-hydrogen) atoms. The molecule has 0 fully saturated rings. The Labute approximate surface area is 144 Å². The van der Waals surface area contributed by atoms with Gasteiger partial charge in [-0.05, 0) is 60.0 Å². The SMILES string of the molecule is Cc1cccc(OCc2nc3ccc(-c4ccncc4)cc3s2)c1. The fourth-order valence-electron chi connectivity index (χ4n) is 2.61. The van der Waals surface area contributed by atoms with Crippen molar-refractivity contribution in [2.24, 2.45) is 0 Å². The highest BCUT2D eigenvalue weighted by Crippen LogP contribution is 2.28. The Kier molecular flexibility index (Phi) is 3.97. The normalized spacial score (nSPS) is 10.9. The number of ether oxygens (including phenoxy) is 1. The van der Waals surface area contributed by atoms with Crippen LogP contribution in [0.4, 0.5) is 0 Å². The van der Waals surface area contributed by atoms with E-state index >= 15 is 0 Å². The number of benzene rings is 2. The molecule has 0 aliphatic rings. The second-order valence-electron chi connectivity index (χ2n) is 5.63. The molecule has 0 N–H and O–H groups in total. The summed E-state index contributed by atoms with van der Waals surface area (Å²) in [5.74, 6) is 0.881. The van der Waals surface area contributed by atoms with Crippen LogP contribution in [0.5, 0.6) is 5.75 Å². The minimum Gasteiger partial charge on any atom is -0.486 e. The van der Waals surface area contributed by atoms with Gasteiger partial charge in [0.25, 0.3) is 0 Å². The lowest BCUT2D eigenvalue weighted by atomic mass is 10.1. The topological polar surface area (TPSA) is 35.0 Å². The highest BCUT2D eigenvalue weighted by Gasteiger charge is 2.07. The number of fused-ring (bicyclic) bond motifs is 1. The van der Waals surface area contributed by atoms with E-state index in [9.17, 15) is 0 Å². The summed E-state index contributed by atoms with van der Waals surface area (Å²) in [5.41, 5.74) is 4.55. The second kappa shape index (κ2) is 6.42. The predicted molar refractivity (Wildman–Crippen MR) is 98.4 cm³/mol. The zero-order chi connectivity index (χ0) is 16.4. The van der Waals surface area contributed by atoms with Gasteiger partial charge in [0.05, 0.1) is 10.2 Å². The van der Waals surface area contributed by atoms with Crippen molar-refractivity contribution in [3.63, 3.8) is 0 Å². The number of rotatable bonds is 4. The van der Waals surface area contributed by atoms with Crippen LogP contribution < -0.4 is 4.74 Å². The first-order valence-electron chi connectivity index (χ1n) is 7.77. The van der Waals surface area contributed by atoms with E-state index < -0.39 is 0 Å². The summed E-state index contributed by atoms with van der Waals surface area (Å²) in [6, 6.07) is 18.5. The lowest BCUT2D eigenvalue weighted by Gasteiger charge is -2.04. The molecule has 0 aliphatic carbocycles. The Bertz CT molecular complexity index is 979. The van der Waals surface area contributed by atoms with Crippen LogP contribution in [0.3, 0.4) is 0 Å². The van der Waals surface area contributed by atoms with Gasteiger partial charge in [0, 0.05) is 12.4 Å². The Morgan fingerprint density at radius 1 is 0.958 bits per heavy atom. The molecule has 0 saturated heterocycles. The lowest BCUT2D eigenvalue weighted by Crippen LogP contribution is -1.94. The Balaban J connectivity index is 1.57. The highest BCUT2D eigenvalue weighted by atomic mass is 32.1. The average molecular weight is 332 g/mol. The molecule has 0 atom stereocenters. The molecule has 0 unspecified atom stereocenters. The third-order valence-electron chi connectivity index (χ3n) is 3.80. The maximum Gasteiger partial charge on any atom is 0.140 e. The molecule has 4 rings (SSSR count). The van der Waals surface area contributed by atoms with E-state index in [1.165, 1.54) is 15.8 Å². The summed E-state index contributed by atoms with van der Waals surface area (Å²) in [6.07, 6.45) is 3.63. The molecule has 3 nitrogen and oxygen atoms in total. The number of hydrogen-bond donors (Lipinski definition) is 0. The van der Waals surface area contributed by atoms with Crippen LogP contribution in [0, 0.1) is 6.92 Å². The van der Waals surface area contributed by atoms with E-state index in [2.05, 4.69) is 41.2 Å². The molecular formula is C20H16N2OS. The smallest absolute Gasteiger partial charge is 0.140 e. The highest BCUT2D eigenvalue weighted by molar-refractivity contribution is 7.18. The van der Waals surface area contributed by atoms with Crippen LogP contribution in [0.15, 0.2) is 67.0 Å². The molecular weight excluding hydrogens is 316 g/mol. The van der Waals surface area contributed by atoms with Crippen molar-refractivity contribution in [2.75, 3.05) is 0 Å². The summed E-state index contributed by atoms with van der Waals surface area (Å²) in [7, 11) is 0. The molecule has 0 spiro atoms. The number of thiazole rings is 1. The van der Waals surface area contributed by atoms with Crippen molar-refractivity contribution in [3.05, 3.63) is 77.6 Å². The summed E-state index contributed by atoms with van der Waals surface area (Å²) >= 11 is 1.68. The van der Waals surface area contributed by atoms with Crippen molar-refractivity contribution in [3.8, 4) is 16.9 Å². The molecule has 0 saturated carbocycles. The van der Waals surface area contributed by atoms with E-state index in [0.29, 0.717) is 6.61 Å². The van der Waals surface area contributed by atoms with Gasteiger partial charge in [0.2, 0.25) is 0 Å². The van der Waals surface area contributed by atoms with Crippen LogP contribution in [0.25, 0.3) is 21.3 Å². The van der Waals surface area contributed by atoms with Gasteiger partial charge in [0.15, 0.2) is 0 Å². The third kappa shape index (κ3) is 3.14. The Morgan fingerprint density at radius 3 is 2.67 bits per heavy atom. The monoisotopic (exact) mass is 332 g/mol. The molecule has 118 valence electrons. The van der Waals surface area contributed by atoms with Crippen LogP contribution in [-0.4, -0.2) is 9.97 Å². The van der Waals surface area contributed by atoms with Gasteiger partial charge in [0.1, 0.15) is 17.4 Å². The van der Waals surface area contributed by atoms with Gasteiger partial charge >= 0.3 is 0 Å². The van der Waals surface area contributed by atoms with Gasteiger partial charge in [-0.25, -0.2) is 4.98 Å². The number of nitrogens with zero attached hydrogens (tertiary/aromatic N) is 2. The van der Waals surface area contributed by atoms with Crippen molar-refractivity contribution >= 4 is 21.6 Å². The minimum absolute atomic E-state index is 0.493. The van der Waals surface area contributed by atoms with Gasteiger partial charge in [-0.1, -0.05) is 18.2 Å². The van der Waals surface area contributed by atoms with E-state index in [1.807, 2.05) is 42.7 Å². The molecule has 4 heteroatoms. The van der Waals surface area contributed by atoms with Crippen LogP contribution in [0.1, 0.15) is 10.6 Å². The van der Waals surface area contributed by atoms with Gasteiger partial charge in [-0.15, -0.1) is 11.3 Å². The van der Waals surface area contributed by atoms with E-state index in [0.717, 1.165) is 21.8 Å². The molecule has 0 radical (unpaired) electrons. The molecule has 0 aliphatic heterocycles. The van der Waals surface area contributed by atoms with Gasteiger partial charge < -0.3 is 4.74 Å². The maximum atomic E-state index is 5.86. The summed E-state index contributed by atoms with van der Waals surface area (Å²) in [5, 5.41) is 0.985. The first-order valence-corrected chi connectivity index (χ1v) is 8.59. The largest absolute Gasteiger partial charge is 0.486 e. The lowest BCUT2D eigenvalue weighted by molar-refractivity contribution is 0.305. The molecule has 4 aromatic rings. The van der Waals surface area contributed by atoms with Crippen molar-refractivity contribution in [1.29, 1.82) is 0 Å². The summed E-state index contributed by atoms with van der Waals surface area (Å²) in [6.45, 7) is 2.55. The molecule has 0 amide bonds. The number of aryl methyl sites for hydroxylation is 1. The average Bonchev–Trinajstić information content (AvgIpc) is 3.03. The molecule has 2 aromatic carbocycles. The Morgan fingerprint density at radius 2 is 1.83 bits per heavy atom. The van der Waals surface area contributed by atoms with Crippen LogP contribution in [0.2, 0.25) is 0 Å². The molecule has 2 aromatic heterocycles. The Hall–Kier alpha value is -2.72. The standard InChI is InChI=1S/C20H16N2OS/c1-14-3-2-4-17(11-14)23-13-20-22-18-6-5-16(12-19(18)24-20)15-7-9-21-10-8-15/h2-12H,13H2,1H3. The predicted octanol–water partition coefficient (Wildman–Crippen LogP) is 5.25. The molecule has 0 bridgehead atoms. The van der Waals surface area contributed by atoms with Crippen molar-refractivity contribution < 1.29 is 4.74 Å². The second-order valence-corrected chi connectivity index (χ2v) is 6.75. The minimum atomic E-state index is 0.493. The number of hydrogen-bond acceptors (Lipinski definition) is 4. The summed E-state index contributed by atoms with van der Waals surface area (Å²) < 4.78 is 7.03. The van der Waals surface area contributed by atoms with Crippen LogP contribution >= 0.6 is 11.3 Å². The maximum absolute atomic E-state index is 5.86. The number of pyridine rings is 1. The zero-order valence-corrected chi connectivity index (χ0v) is 14.1. The fraction of sp³-hybridized carbons (Fsp3) is 0.100. The summed E-state index contributed by atoms with van der Waals surface area (Å²) in [4.78, 5) is 8.74.